The van der Waals surface area contributed by atoms with Gasteiger partial charge in [0.15, 0.2) is 0 Å². The van der Waals surface area contributed by atoms with Gasteiger partial charge in [0.05, 0.1) is 6.20 Å². The molecule has 0 aliphatic rings. The van der Waals surface area contributed by atoms with Crippen LogP contribution in [0.2, 0.25) is 0 Å². The van der Waals surface area contributed by atoms with Crippen molar-refractivity contribution in [2.24, 2.45) is 5.92 Å². The van der Waals surface area contributed by atoms with Gasteiger partial charge in [0.25, 0.3) is 0 Å². The molecule has 0 fully saturated rings. The summed E-state index contributed by atoms with van der Waals surface area (Å²) >= 11 is 0. The van der Waals surface area contributed by atoms with Crippen LogP contribution in [0.3, 0.4) is 0 Å². The van der Waals surface area contributed by atoms with Crippen LogP contribution in [0.1, 0.15) is 31.4 Å². The molecule has 2 N–H and O–H groups in total. The first kappa shape index (κ1) is 17.1. The quantitative estimate of drug-likeness (QED) is 0.740. The van der Waals surface area contributed by atoms with Crippen LogP contribution in [-0.2, 0) is 24.3 Å². The highest BCUT2D eigenvalue weighted by molar-refractivity contribution is 5.73. The molecule has 0 amide bonds. The first-order valence-electron chi connectivity index (χ1n) is 7.91. The summed E-state index contributed by atoms with van der Waals surface area (Å²) in [7, 11) is 0. The second-order valence-corrected chi connectivity index (χ2v) is 6.13. The molecule has 2 aromatic rings. The van der Waals surface area contributed by atoms with Crippen LogP contribution in [0.15, 0.2) is 36.9 Å². The Bertz CT molecular complexity index is 610. The Hall–Kier alpha value is -2.21. The number of carboxylic acids is 1. The van der Waals surface area contributed by atoms with Crippen LogP contribution in [0, 0.1) is 5.92 Å². The summed E-state index contributed by atoms with van der Waals surface area (Å²) in [5.41, 5.74) is 2.10. The maximum absolute atomic E-state index is 11.4. The molecule has 0 radical (unpaired) electrons. The number of pyridine rings is 1. The minimum atomic E-state index is -0.825. The topological polar surface area (TPSA) is 80.0 Å². The molecule has 0 bridgehead atoms. The molecule has 0 saturated heterocycles. The largest absolute Gasteiger partial charge is 0.480 e. The highest BCUT2D eigenvalue weighted by Crippen LogP contribution is 2.06. The first-order valence-corrected chi connectivity index (χ1v) is 7.91. The van der Waals surface area contributed by atoms with Crippen molar-refractivity contribution in [2.75, 3.05) is 0 Å². The maximum atomic E-state index is 11.4. The van der Waals surface area contributed by atoms with Gasteiger partial charge in [-0.2, -0.15) is 5.10 Å². The SMILES string of the molecule is CC(C)Cn1cc(CNC(CCc2ccncc2)C(=O)O)cn1. The lowest BCUT2D eigenvalue weighted by Crippen LogP contribution is -2.36. The third-order valence-electron chi connectivity index (χ3n) is 3.56. The fraction of sp³-hybridized carbons (Fsp3) is 0.471. The van der Waals surface area contributed by atoms with E-state index in [2.05, 4.69) is 29.2 Å². The highest BCUT2D eigenvalue weighted by atomic mass is 16.4. The first-order chi connectivity index (χ1) is 11.0. The number of hydrogen-bond donors (Lipinski definition) is 2. The van der Waals surface area contributed by atoms with Crippen molar-refractivity contribution in [2.45, 2.75) is 45.8 Å². The number of carboxylic acid groups (broad SMARTS) is 1. The molecular weight excluding hydrogens is 292 g/mol. The van der Waals surface area contributed by atoms with Crippen molar-refractivity contribution in [1.29, 1.82) is 0 Å². The Kier molecular flexibility index (Phi) is 6.29. The van der Waals surface area contributed by atoms with E-state index in [1.54, 1.807) is 18.6 Å². The van der Waals surface area contributed by atoms with Crippen LogP contribution >= 0.6 is 0 Å². The predicted octanol–water partition coefficient (Wildman–Crippen LogP) is 2.11. The summed E-state index contributed by atoms with van der Waals surface area (Å²) < 4.78 is 1.90. The monoisotopic (exact) mass is 316 g/mol. The number of aromatic nitrogens is 3. The van der Waals surface area contributed by atoms with E-state index in [0.717, 1.165) is 17.7 Å². The van der Waals surface area contributed by atoms with Crippen molar-refractivity contribution >= 4 is 5.97 Å². The second kappa shape index (κ2) is 8.43. The molecule has 2 rings (SSSR count). The lowest BCUT2D eigenvalue weighted by molar-refractivity contribution is -0.139. The van der Waals surface area contributed by atoms with Gasteiger partial charge in [0.2, 0.25) is 0 Å². The molecule has 0 aliphatic heterocycles. The zero-order chi connectivity index (χ0) is 16.7. The summed E-state index contributed by atoms with van der Waals surface area (Å²) in [5, 5.41) is 16.8. The van der Waals surface area contributed by atoms with E-state index >= 15 is 0 Å². The van der Waals surface area contributed by atoms with Crippen molar-refractivity contribution in [1.82, 2.24) is 20.1 Å². The third kappa shape index (κ3) is 5.83. The Balaban J connectivity index is 1.84. The number of nitrogens with one attached hydrogen (secondary N) is 1. The van der Waals surface area contributed by atoms with E-state index in [1.807, 2.05) is 23.0 Å². The van der Waals surface area contributed by atoms with Gasteiger partial charge in [-0.05, 0) is 36.5 Å². The van der Waals surface area contributed by atoms with Crippen molar-refractivity contribution < 1.29 is 9.90 Å². The Morgan fingerprint density at radius 2 is 2.04 bits per heavy atom. The molecule has 2 heterocycles. The molecule has 2 aromatic heterocycles. The normalized spacial score (nSPS) is 12.5. The molecule has 6 heteroatoms. The van der Waals surface area contributed by atoms with Crippen LogP contribution < -0.4 is 5.32 Å². The fourth-order valence-corrected chi connectivity index (χ4v) is 2.39. The third-order valence-corrected chi connectivity index (χ3v) is 3.56. The Labute approximate surface area is 136 Å². The van der Waals surface area contributed by atoms with E-state index in [0.29, 0.717) is 25.3 Å². The molecule has 1 unspecified atom stereocenters. The Morgan fingerprint density at radius 1 is 1.30 bits per heavy atom. The standard InChI is InChI=1S/C17H24N4O2/c1-13(2)11-21-12-15(10-20-21)9-19-16(17(22)23)4-3-14-5-7-18-8-6-14/h5-8,10,12-13,16,19H,3-4,9,11H2,1-2H3,(H,22,23). The molecule has 1 atom stereocenters. The van der Waals surface area contributed by atoms with Crippen molar-refractivity contribution in [3.8, 4) is 0 Å². The molecular formula is C17H24N4O2. The lowest BCUT2D eigenvalue weighted by Gasteiger charge is -2.13. The molecule has 124 valence electrons. The van der Waals surface area contributed by atoms with Gasteiger partial charge in [0, 0.05) is 37.2 Å². The predicted molar refractivity (Wildman–Crippen MR) is 87.9 cm³/mol. The zero-order valence-corrected chi connectivity index (χ0v) is 13.6. The van der Waals surface area contributed by atoms with Crippen LogP contribution in [0.25, 0.3) is 0 Å². The number of carbonyl (C=O) groups is 1. The molecule has 0 saturated carbocycles. The Morgan fingerprint density at radius 3 is 2.70 bits per heavy atom. The van der Waals surface area contributed by atoms with Crippen molar-refractivity contribution in [3.63, 3.8) is 0 Å². The van der Waals surface area contributed by atoms with Crippen LogP contribution in [-0.4, -0.2) is 31.9 Å². The molecule has 0 aromatic carbocycles. The second-order valence-electron chi connectivity index (χ2n) is 6.13. The van der Waals surface area contributed by atoms with Gasteiger partial charge in [0.1, 0.15) is 6.04 Å². The van der Waals surface area contributed by atoms with Crippen molar-refractivity contribution in [3.05, 3.63) is 48.0 Å². The zero-order valence-electron chi connectivity index (χ0n) is 13.6. The molecule has 0 aliphatic carbocycles. The number of aryl methyl sites for hydroxylation is 1. The summed E-state index contributed by atoms with van der Waals surface area (Å²) in [6.07, 6.45) is 8.45. The average molecular weight is 316 g/mol. The van der Waals surface area contributed by atoms with Gasteiger partial charge >= 0.3 is 5.97 Å². The maximum Gasteiger partial charge on any atom is 0.320 e. The average Bonchev–Trinajstić information content (AvgIpc) is 2.94. The fourth-order valence-electron chi connectivity index (χ4n) is 2.39. The van der Waals surface area contributed by atoms with Crippen LogP contribution in [0.5, 0.6) is 0 Å². The summed E-state index contributed by atoms with van der Waals surface area (Å²) in [6.45, 7) is 5.65. The number of hydrogen-bond acceptors (Lipinski definition) is 4. The summed E-state index contributed by atoms with van der Waals surface area (Å²) in [4.78, 5) is 15.4. The van der Waals surface area contributed by atoms with Crippen LogP contribution in [0.4, 0.5) is 0 Å². The minimum Gasteiger partial charge on any atom is -0.480 e. The molecule has 23 heavy (non-hydrogen) atoms. The number of aliphatic carboxylic acids is 1. The summed E-state index contributed by atoms with van der Waals surface area (Å²) in [5.74, 6) is -0.295. The minimum absolute atomic E-state index is 0.505. The van der Waals surface area contributed by atoms with Gasteiger partial charge in [-0.1, -0.05) is 13.8 Å². The number of rotatable bonds is 9. The molecule has 0 spiro atoms. The van der Waals surface area contributed by atoms with E-state index in [1.165, 1.54) is 0 Å². The smallest absolute Gasteiger partial charge is 0.320 e. The van der Waals surface area contributed by atoms with E-state index in [4.69, 9.17) is 0 Å². The molecule has 6 nitrogen and oxygen atoms in total. The van der Waals surface area contributed by atoms with E-state index in [9.17, 15) is 9.90 Å². The van der Waals surface area contributed by atoms with Gasteiger partial charge in [-0.25, -0.2) is 0 Å². The number of nitrogens with zero attached hydrogens (tertiary/aromatic N) is 3. The van der Waals surface area contributed by atoms with Gasteiger partial charge in [-0.3, -0.25) is 14.5 Å². The van der Waals surface area contributed by atoms with Gasteiger partial charge in [-0.15, -0.1) is 0 Å². The lowest BCUT2D eigenvalue weighted by atomic mass is 10.1. The van der Waals surface area contributed by atoms with E-state index < -0.39 is 12.0 Å². The highest BCUT2D eigenvalue weighted by Gasteiger charge is 2.16. The summed E-state index contributed by atoms with van der Waals surface area (Å²) in [6, 6.07) is 3.25. The van der Waals surface area contributed by atoms with Gasteiger partial charge < -0.3 is 10.4 Å². The van der Waals surface area contributed by atoms with E-state index in [-0.39, 0.29) is 0 Å².